The second-order valence-electron chi connectivity index (χ2n) is 4.68. The molecule has 0 atom stereocenters. The highest BCUT2D eigenvalue weighted by atomic mass is 16.5. The highest BCUT2D eigenvalue weighted by Crippen LogP contribution is 2.26. The van der Waals surface area contributed by atoms with E-state index in [-0.39, 0.29) is 12.5 Å². The molecule has 1 amide bonds. The Balaban J connectivity index is 1.86. The summed E-state index contributed by atoms with van der Waals surface area (Å²) in [6.07, 6.45) is 2.08. The molecule has 4 nitrogen and oxygen atoms in total. The third-order valence-electron chi connectivity index (χ3n) is 3.31. The van der Waals surface area contributed by atoms with Gasteiger partial charge >= 0.3 is 0 Å². The maximum atomic E-state index is 12.2. The minimum Gasteiger partial charge on any atom is -0.370 e. The third kappa shape index (κ3) is 3.78. The van der Waals surface area contributed by atoms with E-state index in [2.05, 4.69) is 18.3 Å². The van der Waals surface area contributed by atoms with E-state index in [1.807, 2.05) is 23.1 Å². The van der Waals surface area contributed by atoms with Gasteiger partial charge < -0.3 is 15.0 Å². The van der Waals surface area contributed by atoms with Gasteiger partial charge in [-0.2, -0.15) is 0 Å². The number of anilines is 1. The van der Waals surface area contributed by atoms with Crippen molar-refractivity contribution in [3.63, 3.8) is 0 Å². The molecule has 0 bridgehead atoms. The molecule has 4 heteroatoms. The highest BCUT2D eigenvalue weighted by Gasteiger charge is 2.21. The van der Waals surface area contributed by atoms with Crippen molar-refractivity contribution in [1.29, 1.82) is 0 Å². The summed E-state index contributed by atoms with van der Waals surface area (Å²) in [4.78, 5) is 14.0. The van der Waals surface area contributed by atoms with Crippen LogP contribution in [0.15, 0.2) is 24.3 Å². The number of likely N-dealkylation sites (N-methyl/N-ethyl adjacent to an activating group) is 1. The molecule has 19 heavy (non-hydrogen) atoms. The van der Waals surface area contributed by atoms with Crippen molar-refractivity contribution < 1.29 is 9.53 Å². The van der Waals surface area contributed by atoms with Crippen LogP contribution >= 0.6 is 0 Å². The van der Waals surface area contributed by atoms with Crippen LogP contribution in [0.5, 0.6) is 0 Å². The lowest BCUT2D eigenvalue weighted by Crippen LogP contribution is -2.38. The summed E-state index contributed by atoms with van der Waals surface area (Å²) in [5.41, 5.74) is 2.31. The van der Waals surface area contributed by atoms with Gasteiger partial charge in [-0.3, -0.25) is 4.79 Å². The van der Waals surface area contributed by atoms with Gasteiger partial charge in [0.25, 0.3) is 5.91 Å². The molecule has 1 N–H and O–H groups in total. The van der Waals surface area contributed by atoms with Crippen molar-refractivity contribution in [2.24, 2.45) is 0 Å². The Labute approximate surface area is 114 Å². The van der Waals surface area contributed by atoms with Gasteiger partial charge in [-0.1, -0.05) is 25.1 Å². The first-order valence-corrected chi connectivity index (χ1v) is 6.99. The molecule has 2 rings (SSSR count). The van der Waals surface area contributed by atoms with Crippen LogP contribution in [0.1, 0.15) is 18.9 Å². The number of carbonyl (C=O) groups is 1. The second-order valence-corrected chi connectivity index (χ2v) is 4.68. The van der Waals surface area contributed by atoms with Crippen LogP contribution in [-0.4, -0.2) is 38.8 Å². The summed E-state index contributed by atoms with van der Waals surface area (Å²) in [5, 5.41) is 3.17. The van der Waals surface area contributed by atoms with Crippen LogP contribution in [0, 0.1) is 0 Å². The number of hydrogen-bond acceptors (Lipinski definition) is 3. The summed E-state index contributed by atoms with van der Waals surface area (Å²) in [6.45, 7) is 5.31. The normalized spacial score (nSPS) is 14.3. The average Bonchev–Trinajstić information content (AvgIpc) is 2.46. The van der Waals surface area contributed by atoms with E-state index in [9.17, 15) is 4.79 Å². The van der Waals surface area contributed by atoms with E-state index in [0.29, 0.717) is 6.61 Å². The van der Waals surface area contributed by atoms with Crippen molar-refractivity contribution in [2.45, 2.75) is 19.8 Å². The van der Waals surface area contributed by atoms with E-state index in [0.717, 1.165) is 38.2 Å². The number of benzene rings is 1. The number of amides is 1. The molecule has 0 radical (unpaired) electrons. The van der Waals surface area contributed by atoms with Gasteiger partial charge in [0.1, 0.15) is 6.61 Å². The number of para-hydroxylation sites is 1. The molecule has 1 aliphatic heterocycles. The van der Waals surface area contributed by atoms with Gasteiger partial charge in [0, 0.05) is 18.8 Å². The lowest BCUT2D eigenvalue weighted by molar-refractivity contribution is -0.123. The van der Waals surface area contributed by atoms with Crippen LogP contribution in [0.2, 0.25) is 0 Å². The third-order valence-corrected chi connectivity index (χ3v) is 3.31. The molecule has 0 fully saturated rings. The van der Waals surface area contributed by atoms with Crippen molar-refractivity contribution in [1.82, 2.24) is 5.32 Å². The van der Waals surface area contributed by atoms with Crippen molar-refractivity contribution in [3.05, 3.63) is 29.8 Å². The summed E-state index contributed by atoms with van der Waals surface area (Å²) in [6, 6.07) is 8.13. The fourth-order valence-electron chi connectivity index (χ4n) is 2.35. The van der Waals surface area contributed by atoms with Gasteiger partial charge in [-0.05, 0) is 31.0 Å². The number of fused-ring (bicyclic) bond motifs is 1. The zero-order chi connectivity index (χ0) is 13.5. The van der Waals surface area contributed by atoms with Crippen LogP contribution in [0.4, 0.5) is 5.69 Å². The largest absolute Gasteiger partial charge is 0.370 e. The van der Waals surface area contributed by atoms with Crippen molar-refractivity contribution >= 4 is 11.6 Å². The van der Waals surface area contributed by atoms with E-state index in [1.54, 1.807) is 0 Å². The Morgan fingerprint density at radius 3 is 3.11 bits per heavy atom. The number of rotatable bonds is 6. The fraction of sp³-hybridized carbons (Fsp3) is 0.533. The monoisotopic (exact) mass is 262 g/mol. The number of carbonyl (C=O) groups excluding carboxylic acids is 1. The van der Waals surface area contributed by atoms with E-state index >= 15 is 0 Å². The molecule has 1 aromatic carbocycles. The molecule has 1 aromatic rings. The van der Waals surface area contributed by atoms with Crippen LogP contribution in [-0.2, 0) is 16.0 Å². The number of ether oxygens (including phenoxy) is 1. The quantitative estimate of drug-likeness (QED) is 0.792. The van der Waals surface area contributed by atoms with Crippen molar-refractivity contribution in [2.75, 3.05) is 37.7 Å². The maximum absolute atomic E-state index is 12.2. The van der Waals surface area contributed by atoms with Crippen LogP contribution < -0.4 is 10.2 Å². The van der Waals surface area contributed by atoms with E-state index in [4.69, 9.17) is 4.74 Å². The highest BCUT2D eigenvalue weighted by molar-refractivity contribution is 5.95. The van der Waals surface area contributed by atoms with Gasteiger partial charge in [0.05, 0.1) is 6.61 Å². The number of nitrogens with one attached hydrogen (secondary N) is 1. The smallest absolute Gasteiger partial charge is 0.252 e. The zero-order valence-electron chi connectivity index (χ0n) is 11.5. The molecule has 1 aliphatic rings. The van der Waals surface area contributed by atoms with E-state index in [1.165, 1.54) is 5.56 Å². The predicted molar refractivity (Wildman–Crippen MR) is 76.5 cm³/mol. The molecule has 1 heterocycles. The summed E-state index contributed by atoms with van der Waals surface area (Å²) >= 11 is 0. The molecule has 0 unspecified atom stereocenters. The molecular formula is C15H22N2O2. The first kappa shape index (κ1) is 14.0. The number of aryl methyl sites for hydroxylation is 1. The first-order valence-electron chi connectivity index (χ1n) is 6.99. The molecule has 0 saturated carbocycles. The summed E-state index contributed by atoms with van der Waals surface area (Å²) in [7, 11) is 0. The van der Waals surface area contributed by atoms with E-state index < -0.39 is 0 Å². The fourth-order valence-corrected chi connectivity index (χ4v) is 2.35. The van der Waals surface area contributed by atoms with Gasteiger partial charge in [-0.25, -0.2) is 0 Å². The number of nitrogens with zero attached hydrogens (tertiary/aromatic N) is 1. The zero-order valence-corrected chi connectivity index (χ0v) is 11.5. The summed E-state index contributed by atoms with van der Waals surface area (Å²) in [5.74, 6) is 0.0589. The lowest BCUT2D eigenvalue weighted by Gasteiger charge is -2.29. The SMILES string of the molecule is CCNCCOCC(=O)N1CCCc2ccccc21. The van der Waals surface area contributed by atoms with Crippen LogP contribution in [0.3, 0.4) is 0 Å². The van der Waals surface area contributed by atoms with Gasteiger partial charge in [0.2, 0.25) is 0 Å². The number of hydrogen-bond donors (Lipinski definition) is 1. The molecule has 0 aromatic heterocycles. The lowest BCUT2D eigenvalue weighted by atomic mass is 10.0. The minimum absolute atomic E-state index is 0.0589. The Bertz CT molecular complexity index is 420. The Morgan fingerprint density at radius 2 is 2.26 bits per heavy atom. The molecule has 104 valence electrons. The predicted octanol–water partition coefficient (Wildman–Crippen LogP) is 1.59. The van der Waals surface area contributed by atoms with Crippen LogP contribution in [0.25, 0.3) is 0 Å². The Hall–Kier alpha value is -1.39. The molecule has 0 spiro atoms. The second kappa shape index (κ2) is 7.26. The molecule has 0 saturated heterocycles. The standard InChI is InChI=1S/C15H22N2O2/c1-2-16-9-11-19-12-15(18)17-10-5-7-13-6-3-4-8-14(13)17/h3-4,6,8,16H,2,5,7,9-12H2,1H3. The topological polar surface area (TPSA) is 41.6 Å². The average molecular weight is 262 g/mol. The first-order chi connectivity index (χ1) is 9.33. The Kier molecular flexibility index (Phi) is 5.36. The van der Waals surface area contributed by atoms with Gasteiger partial charge in [-0.15, -0.1) is 0 Å². The summed E-state index contributed by atoms with van der Waals surface area (Å²) < 4.78 is 5.41. The van der Waals surface area contributed by atoms with Gasteiger partial charge in [0.15, 0.2) is 0 Å². The Morgan fingerprint density at radius 1 is 1.42 bits per heavy atom. The molecule has 0 aliphatic carbocycles. The van der Waals surface area contributed by atoms with Crippen molar-refractivity contribution in [3.8, 4) is 0 Å². The maximum Gasteiger partial charge on any atom is 0.252 e. The minimum atomic E-state index is 0.0589. The molecular weight excluding hydrogens is 240 g/mol.